The molecule has 0 fully saturated rings. The maximum Gasteiger partial charge on any atom is 0.512 e. The summed E-state index contributed by atoms with van der Waals surface area (Å²) in [6.07, 6.45) is 53.8. The number of hydrogen-bond donors (Lipinski definition) is 1. The Morgan fingerprint density at radius 2 is 0.491 bits per heavy atom. The minimum Gasteiger partial charge on any atom is -0.202 e. The molecular weight excluding hydrogens is 780 g/mol. The van der Waals surface area contributed by atoms with Gasteiger partial charge in [0, 0.05) is 0 Å². The lowest BCUT2D eigenvalue weighted by molar-refractivity contribution is -0.0476. The fourth-order valence-corrected chi connectivity index (χ4v) is 11.2. The Morgan fingerprint density at radius 1 is 0.327 bits per heavy atom. The fraction of sp³-hybridized carbons (Fsp3) is 1.00. The molecule has 0 spiro atoms. The highest BCUT2D eigenvalue weighted by Crippen LogP contribution is 2.39. The Bertz CT molecular complexity index is 941. The van der Waals surface area contributed by atoms with Crippen LogP contribution in [0.25, 0.3) is 0 Å². The van der Waals surface area contributed by atoms with Gasteiger partial charge in [-0.15, -0.1) is 7.92 Å². The zero-order valence-corrected chi connectivity index (χ0v) is 37.6. The first-order chi connectivity index (χ1) is 26.1. The highest BCUT2D eigenvalue weighted by molar-refractivity contribution is 8.05. The molecule has 0 aliphatic carbocycles. The lowest BCUT2D eigenvalue weighted by atomic mass is 10.1. The summed E-state index contributed by atoms with van der Waals surface area (Å²) >= 11 is 0. The van der Waals surface area contributed by atoms with E-state index in [-0.39, 0.29) is 0 Å². The molecule has 0 atom stereocenters. The van der Waals surface area contributed by atoms with Gasteiger partial charge in [0.15, 0.2) is 0 Å². The Labute approximate surface area is 336 Å². The number of rotatable bonds is 38. The van der Waals surface area contributed by atoms with Crippen molar-refractivity contribution in [1.29, 1.82) is 0 Å². The lowest BCUT2D eigenvalue weighted by Gasteiger charge is -2.18. The SMILES string of the molecule is CCCCCCCCCCCCCP(CCCCCCCCCCCCC)CCCCCCCCCCCCC.O=S(=O)(NS(=O)(=O)C(F)(F)F)C(F)(F)F. The van der Waals surface area contributed by atoms with Crippen LogP contribution in [0.5, 0.6) is 0 Å². The van der Waals surface area contributed by atoms with Crippen LogP contribution in [0.15, 0.2) is 0 Å². The molecule has 0 unspecified atom stereocenters. The van der Waals surface area contributed by atoms with Crippen LogP contribution in [0.1, 0.15) is 233 Å². The Morgan fingerprint density at radius 3 is 0.655 bits per heavy atom. The molecule has 0 saturated heterocycles. The first kappa shape index (κ1) is 57.0. The van der Waals surface area contributed by atoms with Crippen LogP contribution in [-0.4, -0.2) is 46.3 Å². The Kier molecular flexibility index (Phi) is 38.2. The summed E-state index contributed by atoms with van der Waals surface area (Å²) in [7, 11) is -12.9. The minimum atomic E-state index is -6.60. The van der Waals surface area contributed by atoms with Crippen molar-refractivity contribution in [2.75, 3.05) is 18.5 Å². The van der Waals surface area contributed by atoms with E-state index in [1.165, 1.54) is 212 Å². The van der Waals surface area contributed by atoms with Crippen LogP contribution in [-0.2, 0) is 20.0 Å². The molecule has 0 aromatic rings. The number of nitrogens with one attached hydrogen (secondary N) is 1. The van der Waals surface area contributed by atoms with Crippen molar-refractivity contribution in [3.63, 3.8) is 0 Å². The van der Waals surface area contributed by atoms with Gasteiger partial charge in [-0.25, -0.2) is 16.8 Å². The first-order valence-corrected chi connectivity index (χ1v) is 27.1. The molecule has 0 bridgehead atoms. The van der Waals surface area contributed by atoms with Crippen molar-refractivity contribution < 1.29 is 43.2 Å². The van der Waals surface area contributed by atoms with Crippen LogP contribution in [0.4, 0.5) is 26.3 Å². The third kappa shape index (κ3) is 36.7. The summed E-state index contributed by atoms with van der Waals surface area (Å²) < 4.78 is 108. The minimum absolute atomic E-state index is 0.330. The van der Waals surface area contributed by atoms with Crippen LogP contribution in [0.2, 0.25) is 0 Å². The van der Waals surface area contributed by atoms with E-state index in [9.17, 15) is 43.2 Å². The molecule has 334 valence electrons. The van der Waals surface area contributed by atoms with E-state index < -0.39 is 35.2 Å². The van der Waals surface area contributed by atoms with Crippen LogP contribution < -0.4 is 4.13 Å². The number of sulfonamides is 2. The average Bonchev–Trinajstić information content (AvgIpc) is 3.10. The predicted molar refractivity (Wildman–Crippen MR) is 224 cm³/mol. The maximum absolute atomic E-state index is 11.5. The van der Waals surface area contributed by atoms with Gasteiger partial charge in [0.05, 0.1) is 0 Å². The summed E-state index contributed by atoms with van der Waals surface area (Å²) in [5.74, 6) is 0. The molecule has 0 aromatic carbocycles. The molecule has 0 aliphatic rings. The summed E-state index contributed by atoms with van der Waals surface area (Å²) in [6, 6.07) is 0. The quantitative estimate of drug-likeness (QED) is 0.0381. The lowest BCUT2D eigenvalue weighted by Crippen LogP contribution is -2.45. The van der Waals surface area contributed by atoms with E-state index in [1.807, 2.05) is 0 Å². The second-order valence-electron chi connectivity index (χ2n) is 15.4. The zero-order chi connectivity index (χ0) is 41.7. The molecule has 0 saturated carbocycles. The van der Waals surface area contributed by atoms with Crippen LogP contribution in [0, 0.1) is 0 Å². The molecule has 0 aliphatic heterocycles. The molecule has 0 heterocycles. The van der Waals surface area contributed by atoms with Crippen molar-refractivity contribution in [3.8, 4) is 0 Å². The van der Waals surface area contributed by atoms with E-state index in [2.05, 4.69) is 20.8 Å². The van der Waals surface area contributed by atoms with Crippen molar-refractivity contribution in [2.24, 2.45) is 0 Å². The number of halogens is 6. The molecule has 14 heteroatoms. The highest BCUT2D eigenvalue weighted by Gasteiger charge is 2.55. The van der Waals surface area contributed by atoms with Gasteiger partial charge >= 0.3 is 31.1 Å². The standard InChI is InChI=1S/C39H81P.C2HF6NO4S2/c1-4-7-10-13-16-19-22-25-28-31-34-37-40(38-35-32-29-26-23-20-17-14-11-8-5-2)39-36-33-30-27-24-21-18-15-12-9-6-3;3-1(4,5)14(10,11)9-15(12,13)2(6,7)8/h4-39H2,1-3H3;9H. The number of alkyl halides is 6. The summed E-state index contributed by atoms with van der Waals surface area (Å²) in [5.41, 5.74) is -12.3. The molecule has 5 nitrogen and oxygen atoms in total. The maximum atomic E-state index is 11.5. The predicted octanol–water partition coefficient (Wildman–Crippen LogP) is 15.7. The Balaban J connectivity index is 0. The van der Waals surface area contributed by atoms with Gasteiger partial charge in [0.1, 0.15) is 0 Å². The van der Waals surface area contributed by atoms with Crippen molar-refractivity contribution in [3.05, 3.63) is 0 Å². The molecule has 0 aromatic heterocycles. The molecule has 55 heavy (non-hydrogen) atoms. The van der Waals surface area contributed by atoms with E-state index in [1.54, 1.807) is 18.5 Å². The van der Waals surface area contributed by atoms with Gasteiger partial charge in [0.25, 0.3) is 0 Å². The number of unbranched alkanes of at least 4 members (excludes halogenated alkanes) is 30. The molecule has 0 amide bonds. The smallest absolute Gasteiger partial charge is 0.202 e. The van der Waals surface area contributed by atoms with Gasteiger partial charge in [0.2, 0.25) is 0 Å². The van der Waals surface area contributed by atoms with Crippen molar-refractivity contribution >= 4 is 28.0 Å². The van der Waals surface area contributed by atoms with Crippen LogP contribution >= 0.6 is 7.92 Å². The molecule has 0 radical (unpaired) electrons. The van der Waals surface area contributed by atoms with Gasteiger partial charge in [-0.3, -0.25) is 0 Å². The third-order valence-electron chi connectivity index (χ3n) is 10.1. The Hall–Kier alpha value is -0.130. The fourth-order valence-electron chi connectivity index (χ4n) is 6.57. The van der Waals surface area contributed by atoms with E-state index in [0.29, 0.717) is 7.92 Å². The van der Waals surface area contributed by atoms with Gasteiger partial charge in [-0.1, -0.05) is 218 Å². The van der Waals surface area contributed by atoms with Crippen molar-refractivity contribution in [2.45, 2.75) is 244 Å². The van der Waals surface area contributed by atoms with Crippen LogP contribution in [0.3, 0.4) is 0 Å². The van der Waals surface area contributed by atoms with Gasteiger partial charge in [-0.2, -0.15) is 26.3 Å². The highest BCUT2D eigenvalue weighted by atomic mass is 32.3. The second-order valence-corrected chi connectivity index (χ2v) is 21.7. The number of hydrogen-bond acceptors (Lipinski definition) is 4. The summed E-state index contributed by atoms with van der Waals surface area (Å²) in [4.78, 5) is 0. The van der Waals surface area contributed by atoms with E-state index >= 15 is 0 Å². The normalized spacial score (nSPS) is 12.7. The van der Waals surface area contributed by atoms with Crippen molar-refractivity contribution in [1.82, 2.24) is 4.13 Å². The van der Waals surface area contributed by atoms with Gasteiger partial charge < -0.3 is 0 Å². The first-order valence-electron chi connectivity index (χ1n) is 22.2. The average molecular weight is 862 g/mol. The molecule has 1 N–H and O–H groups in total. The topological polar surface area (TPSA) is 80.3 Å². The monoisotopic (exact) mass is 862 g/mol. The van der Waals surface area contributed by atoms with E-state index in [0.717, 1.165) is 0 Å². The largest absolute Gasteiger partial charge is 0.512 e. The van der Waals surface area contributed by atoms with Gasteiger partial charge in [-0.05, 0) is 37.7 Å². The molecule has 0 rings (SSSR count). The second kappa shape index (κ2) is 36.9. The summed E-state index contributed by atoms with van der Waals surface area (Å²) in [6.45, 7) is 6.96. The summed E-state index contributed by atoms with van der Waals surface area (Å²) in [5, 5.41) is 0. The third-order valence-corrected chi connectivity index (χ3v) is 15.9. The molecular formula is C41H82F6NO4PS2. The van der Waals surface area contributed by atoms with E-state index in [4.69, 9.17) is 0 Å². The zero-order valence-electron chi connectivity index (χ0n) is 35.1.